The molecule has 6 nitrogen and oxygen atoms in total. The Bertz CT molecular complexity index is 1060. The molecule has 1 fully saturated rings. The van der Waals surface area contributed by atoms with Crippen molar-refractivity contribution in [3.8, 4) is 21.8 Å². The summed E-state index contributed by atoms with van der Waals surface area (Å²) in [6, 6.07) is 7.95. The molecule has 5 rings (SSSR count). The fourth-order valence-corrected chi connectivity index (χ4v) is 4.22. The normalized spacial score (nSPS) is 17.5. The van der Waals surface area contributed by atoms with Gasteiger partial charge in [-0.05, 0) is 37.1 Å². The first-order valence-electron chi connectivity index (χ1n) is 8.88. The molecule has 0 spiro atoms. The SMILES string of the molecule is F[C@@H]1CCCN(c2ccc(-c3nc4nc(-c5cn[nH]c5)ccc4s3)cn2)C1. The number of hydrogen-bond donors (Lipinski definition) is 1. The van der Waals surface area contributed by atoms with E-state index >= 15 is 0 Å². The number of hydrogen-bond acceptors (Lipinski definition) is 6. The summed E-state index contributed by atoms with van der Waals surface area (Å²) in [5.74, 6) is 0.822. The lowest BCUT2D eigenvalue weighted by Crippen LogP contribution is -2.36. The van der Waals surface area contributed by atoms with Crippen LogP contribution in [0.15, 0.2) is 42.9 Å². The van der Waals surface area contributed by atoms with Gasteiger partial charge in [0.15, 0.2) is 5.65 Å². The molecule has 1 saturated heterocycles. The highest BCUT2D eigenvalue weighted by molar-refractivity contribution is 7.21. The predicted molar refractivity (Wildman–Crippen MR) is 105 cm³/mol. The van der Waals surface area contributed by atoms with Gasteiger partial charge in [-0.2, -0.15) is 5.10 Å². The number of aromatic nitrogens is 5. The molecule has 0 amide bonds. The third kappa shape index (κ3) is 3.16. The number of fused-ring (bicyclic) bond motifs is 1. The van der Waals surface area contributed by atoms with Crippen LogP contribution in [0, 0.1) is 0 Å². The Morgan fingerprint density at radius 3 is 2.85 bits per heavy atom. The lowest BCUT2D eigenvalue weighted by atomic mass is 10.1. The third-order valence-electron chi connectivity index (χ3n) is 4.73. The number of pyridine rings is 2. The molecule has 0 saturated carbocycles. The Morgan fingerprint density at radius 2 is 2.07 bits per heavy atom. The molecule has 1 aliphatic heterocycles. The quantitative estimate of drug-likeness (QED) is 0.580. The second kappa shape index (κ2) is 6.70. The second-order valence-corrected chi connectivity index (χ2v) is 7.65. The molecule has 0 radical (unpaired) electrons. The summed E-state index contributed by atoms with van der Waals surface area (Å²) in [5, 5.41) is 7.64. The number of H-pyrrole nitrogens is 1. The smallest absolute Gasteiger partial charge is 0.171 e. The highest BCUT2D eigenvalue weighted by Crippen LogP contribution is 2.31. The number of anilines is 1. The molecule has 0 aromatic carbocycles. The topological polar surface area (TPSA) is 70.6 Å². The van der Waals surface area contributed by atoms with Crippen LogP contribution in [0.2, 0.25) is 0 Å². The lowest BCUT2D eigenvalue weighted by Gasteiger charge is -2.29. The van der Waals surface area contributed by atoms with E-state index in [4.69, 9.17) is 0 Å². The van der Waals surface area contributed by atoms with Crippen molar-refractivity contribution in [1.82, 2.24) is 25.1 Å². The maximum Gasteiger partial charge on any atom is 0.171 e. The molecule has 1 N–H and O–H groups in total. The van der Waals surface area contributed by atoms with Crippen LogP contribution < -0.4 is 4.90 Å². The Balaban J connectivity index is 1.43. The minimum Gasteiger partial charge on any atom is -0.354 e. The molecule has 4 aromatic rings. The molecule has 0 unspecified atom stereocenters. The predicted octanol–water partition coefficient (Wildman–Crippen LogP) is 4.08. The van der Waals surface area contributed by atoms with Gasteiger partial charge in [0, 0.05) is 30.1 Å². The number of nitrogens with one attached hydrogen (secondary N) is 1. The Labute approximate surface area is 159 Å². The standard InChI is InChI=1S/C19H17FN6S/c20-14-2-1-7-26(11-14)17-6-3-12(8-21-17)19-25-18-16(27-19)5-4-15(24-18)13-9-22-23-10-13/h3-6,8-10,14H,1-2,7,11H2,(H,22,23)/t14-/m1/s1. The first kappa shape index (κ1) is 16.3. The van der Waals surface area contributed by atoms with E-state index in [1.165, 1.54) is 0 Å². The van der Waals surface area contributed by atoms with Gasteiger partial charge in [-0.15, -0.1) is 11.3 Å². The molecule has 5 heterocycles. The number of thiazole rings is 1. The van der Waals surface area contributed by atoms with Gasteiger partial charge in [-0.3, -0.25) is 5.10 Å². The van der Waals surface area contributed by atoms with Gasteiger partial charge in [0.25, 0.3) is 0 Å². The van der Waals surface area contributed by atoms with Gasteiger partial charge in [-0.25, -0.2) is 19.3 Å². The Kier molecular flexibility index (Phi) is 4.05. The van der Waals surface area contributed by atoms with Gasteiger partial charge in [-0.1, -0.05) is 0 Å². The molecule has 0 aliphatic carbocycles. The van der Waals surface area contributed by atoms with Gasteiger partial charge in [0.05, 0.1) is 23.1 Å². The molecule has 1 atom stereocenters. The van der Waals surface area contributed by atoms with Crippen LogP contribution in [-0.2, 0) is 0 Å². The summed E-state index contributed by atoms with van der Waals surface area (Å²) in [5.41, 5.74) is 3.44. The Hall–Kier alpha value is -2.87. The number of halogens is 1. The van der Waals surface area contributed by atoms with Gasteiger partial charge >= 0.3 is 0 Å². The summed E-state index contributed by atoms with van der Waals surface area (Å²) >= 11 is 1.59. The summed E-state index contributed by atoms with van der Waals surface area (Å²) in [7, 11) is 0. The van der Waals surface area contributed by atoms with Crippen LogP contribution in [-0.4, -0.2) is 44.4 Å². The second-order valence-electron chi connectivity index (χ2n) is 6.61. The van der Waals surface area contributed by atoms with Crippen molar-refractivity contribution in [1.29, 1.82) is 0 Å². The summed E-state index contributed by atoms with van der Waals surface area (Å²) in [6.07, 6.45) is 6.12. The molecule has 0 bridgehead atoms. The maximum atomic E-state index is 13.6. The molecular weight excluding hydrogens is 363 g/mol. The minimum absolute atomic E-state index is 0.425. The maximum absolute atomic E-state index is 13.6. The van der Waals surface area contributed by atoms with E-state index in [2.05, 4.69) is 25.1 Å². The summed E-state index contributed by atoms with van der Waals surface area (Å²) < 4.78 is 14.7. The van der Waals surface area contributed by atoms with Gasteiger partial charge < -0.3 is 4.90 Å². The van der Waals surface area contributed by atoms with E-state index in [1.54, 1.807) is 17.5 Å². The third-order valence-corrected chi connectivity index (χ3v) is 5.79. The van der Waals surface area contributed by atoms with E-state index in [-0.39, 0.29) is 0 Å². The van der Waals surface area contributed by atoms with Crippen molar-refractivity contribution < 1.29 is 4.39 Å². The zero-order valence-electron chi connectivity index (χ0n) is 14.5. The van der Waals surface area contributed by atoms with Crippen molar-refractivity contribution in [2.45, 2.75) is 19.0 Å². The molecule has 136 valence electrons. The van der Waals surface area contributed by atoms with Crippen LogP contribution >= 0.6 is 11.3 Å². The monoisotopic (exact) mass is 380 g/mol. The summed E-state index contributed by atoms with van der Waals surface area (Å²) in [6.45, 7) is 1.28. The van der Waals surface area contributed by atoms with E-state index < -0.39 is 6.17 Å². The Morgan fingerprint density at radius 1 is 1.11 bits per heavy atom. The van der Waals surface area contributed by atoms with Crippen molar-refractivity contribution in [3.63, 3.8) is 0 Å². The number of rotatable bonds is 3. The average Bonchev–Trinajstić information content (AvgIpc) is 3.37. The van der Waals surface area contributed by atoms with Crippen LogP contribution in [0.4, 0.5) is 10.2 Å². The lowest BCUT2D eigenvalue weighted by molar-refractivity contribution is 0.286. The van der Waals surface area contributed by atoms with Crippen molar-refractivity contribution in [2.24, 2.45) is 0 Å². The average molecular weight is 380 g/mol. The van der Waals surface area contributed by atoms with Crippen molar-refractivity contribution in [2.75, 3.05) is 18.0 Å². The van der Waals surface area contributed by atoms with Crippen LogP contribution in [0.25, 0.3) is 32.2 Å². The first-order valence-corrected chi connectivity index (χ1v) is 9.70. The fraction of sp³-hybridized carbons (Fsp3) is 0.263. The van der Waals surface area contributed by atoms with Crippen LogP contribution in [0.5, 0.6) is 0 Å². The van der Waals surface area contributed by atoms with Crippen LogP contribution in [0.3, 0.4) is 0 Å². The van der Waals surface area contributed by atoms with E-state index in [0.29, 0.717) is 18.6 Å². The van der Waals surface area contributed by atoms with Gasteiger partial charge in [0.1, 0.15) is 17.0 Å². The first-order chi connectivity index (χ1) is 13.3. The highest BCUT2D eigenvalue weighted by atomic mass is 32.1. The largest absolute Gasteiger partial charge is 0.354 e. The van der Waals surface area contributed by atoms with Crippen LogP contribution in [0.1, 0.15) is 12.8 Å². The molecule has 1 aliphatic rings. The summed E-state index contributed by atoms with van der Waals surface area (Å²) in [4.78, 5) is 15.8. The van der Waals surface area contributed by atoms with Crippen molar-refractivity contribution in [3.05, 3.63) is 42.9 Å². The zero-order chi connectivity index (χ0) is 18.2. The van der Waals surface area contributed by atoms with E-state index in [0.717, 1.165) is 45.3 Å². The number of nitrogens with zero attached hydrogens (tertiary/aromatic N) is 5. The molecule has 8 heteroatoms. The highest BCUT2D eigenvalue weighted by Gasteiger charge is 2.20. The number of alkyl halides is 1. The fourth-order valence-electron chi connectivity index (χ4n) is 3.33. The molecule has 27 heavy (non-hydrogen) atoms. The number of piperidine rings is 1. The molecule has 4 aromatic heterocycles. The number of aromatic amines is 1. The zero-order valence-corrected chi connectivity index (χ0v) is 15.3. The van der Waals surface area contributed by atoms with Crippen molar-refractivity contribution >= 4 is 27.5 Å². The van der Waals surface area contributed by atoms with E-state index in [9.17, 15) is 4.39 Å². The van der Waals surface area contributed by atoms with Gasteiger partial charge in [0.2, 0.25) is 0 Å². The minimum atomic E-state index is -0.764. The van der Waals surface area contributed by atoms with E-state index in [1.807, 2.05) is 41.6 Å². The molecular formula is C19H17FN6S.